The zero-order valence-electron chi connectivity index (χ0n) is 10.8. The van der Waals surface area contributed by atoms with E-state index in [0.29, 0.717) is 5.56 Å². The van der Waals surface area contributed by atoms with E-state index < -0.39 is 0 Å². The summed E-state index contributed by atoms with van der Waals surface area (Å²) in [7, 11) is 0. The Hall–Kier alpha value is -2.14. The Morgan fingerprint density at radius 3 is 2.50 bits per heavy atom. The molecule has 1 heterocycles. The summed E-state index contributed by atoms with van der Waals surface area (Å²) in [6.07, 6.45) is 1.68. The Labute approximate surface area is 121 Å². The van der Waals surface area contributed by atoms with Crippen LogP contribution in [0.25, 0.3) is 0 Å². The Morgan fingerprint density at radius 1 is 1.05 bits per heavy atom. The first-order valence-electron chi connectivity index (χ1n) is 6.14. The van der Waals surface area contributed by atoms with Gasteiger partial charge in [-0.3, -0.25) is 9.59 Å². The van der Waals surface area contributed by atoms with Gasteiger partial charge in [-0.15, -0.1) is 0 Å². The second-order valence-electron chi connectivity index (χ2n) is 4.02. The molecule has 1 aromatic heterocycles. The molecular weight excluding hydrogens is 272 g/mol. The van der Waals surface area contributed by atoms with Gasteiger partial charge in [-0.1, -0.05) is 48.2 Å². The number of carbonyl (C=O) groups is 2. The number of amides is 1. The van der Waals surface area contributed by atoms with E-state index in [-0.39, 0.29) is 24.0 Å². The normalized spacial score (nSPS) is 10.0. The molecule has 0 spiro atoms. The van der Waals surface area contributed by atoms with Crippen LogP contribution in [0.4, 0.5) is 0 Å². The Morgan fingerprint density at radius 2 is 1.80 bits per heavy atom. The predicted octanol–water partition coefficient (Wildman–Crippen LogP) is 2.17. The van der Waals surface area contributed by atoms with Crippen molar-refractivity contribution in [3.63, 3.8) is 0 Å². The maximum atomic E-state index is 11.8. The average molecular weight is 286 g/mol. The molecule has 20 heavy (non-hydrogen) atoms. The minimum absolute atomic E-state index is 0.0195. The van der Waals surface area contributed by atoms with Crippen molar-refractivity contribution in [1.82, 2.24) is 10.3 Å². The van der Waals surface area contributed by atoms with E-state index in [2.05, 4.69) is 10.3 Å². The second-order valence-corrected chi connectivity index (χ2v) is 5.02. The minimum Gasteiger partial charge on any atom is -0.348 e. The highest BCUT2D eigenvalue weighted by molar-refractivity contribution is 7.99. The quantitative estimate of drug-likeness (QED) is 0.653. The van der Waals surface area contributed by atoms with Crippen LogP contribution in [0.2, 0.25) is 0 Å². The summed E-state index contributed by atoms with van der Waals surface area (Å²) in [5.41, 5.74) is 0.602. The molecule has 2 aromatic rings. The van der Waals surface area contributed by atoms with Gasteiger partial charge in [-0.25, -0.2) is 4.98 Å². The fraction of sp³-hybridized carbons (Fsp3) is 0.133. The zero-order valence-corrected chi connectivity index (χ0v) is 11.6. The summed E-state index contributed by atoms with van der Waals surface area (Å²) in [5, 5.41) is 3.40. The largest absolute Gasteiger partial charge is 0.348 e. The van der Waals surface area contributed by atoms with Crippen LogP contribution in [0.15, 0.2) is 59.8 Å². The molecule has 0 saturated heterocycles. The first-order chi connectivity index (χ1) is 9.75. The van der Waals surface area contributed by atoms with Gasteiger partial charge in [0, 0.05) is 11.8 Å². The van der Waals surface area contributed by atoms with E-state index in [1.165, 1.54) is 11.8 Å². The lowest BCUT2D eigenvalue weighted by atomic mass is 10.1. The molecule has 4 nitrogen and oxygen atoms in total. The third-order valence-corrected chi connectivity index (χ3v) is 3.47. The molecule has 0 saturated carbocycles. The van der Waals surface area contributed by atoms with Crippen LogP contribution in [0.5, 0.6) is 0 Å². The van der Waals surface area contributed by atoms with Crippen LogP contribution in [0.1, 0.15) is 10.4 Å². The van der Waals surface area contributed by atoms with E-state index in [1.54, 1.807) is 30.5 Å². The number of carbonyl (C=O) groups excluding carboxylic acids is 2. The van der Waals surface area contributed by atoms with Gasteiger partial charge in [0.25, 0.3) is 0 Å². The van der Waals surface area contributed by atoms with E-state index in [4.69, 9.17) is 0 Å². The number of aromatic nitrogens is 1. The molecule has 0 fully saturated rings. The van der Waals surface area contributed by atoms with E-state index in [9.17, 15) is 9.59 Å². The molecule has 0 bridgehead atoms. The summed E-state index contributed by atoms with van der Waals surface area (Å²) >= 11 is 1.34. The van der Waals surface area contributed by atoms with Crippen molar-refractivity contribution in [1.29, 1.82) is 0 Å². The van der Waals surface area contributed by atoms with Gasteiger partial charge in [0.15, 0.2) is 5.78 Å². The maximum absolute atomic E-state index is 11.8. The van der Waals surface area contributed by atoms with Gasteiger partial charge < -0.3 is 5.32 Å². The lowest BCUT2D eigenvalue weighted by Gasteiger charge is -2.04. The van der Waals surface area contributed by atoms with Crippen molar-refractivity contribution in [3.8, 4) is 0 Å². The number of hydrogen-bond donors (Lipinski definition) is 1. The van der Waals surface area contributed by atoms with Crippen molar-refractivity contribution in [2.24, 2.45) is 0 Å². The number of benzene rings is 1. The molecule has 0 aliphatic rings. The number of nitrogens with zero attached hydrogens (tertiary/aromatic N) is 1. The molecule has 1 N–H and O–H groups in total. The monoisotopic (exact) mass is 286 g/mol. The number of hydrogen-bond acceptors (Lipinski definition) is 4. The molecule has 0 atom stereocenters. The summed E-state index contributed by atoms with van der Waals surface area (Å²) in [4.78, 5) is 27.5. The van der Waals surface area contributed by atoms with Gasteiger partial charge in [0.1, 0.15) is 0 Å². The second kappa shape index (κ2) is 7.45. The first-order valence-corrected chi connectivity index (χ1v) is 7.13. The van der Waals surface area contributed by atoms with Crippen molar-refractivity contribution < 1.29 is 9.59 Å². The van der Waals surface area contributed by atoms with Gasteiger partial charge in [-0.05, 0) is 12.1 Å². The fourth-order valence-electron chi connectivity index (χ4n) is 1.53. The number of rotatable bonds is 6. The van der Waals surface area contributed by atoms with E-state index in [0.717, 1.165) is 5.03 Å². The van der Waals surface area contributed by atoms with Crippen LogP contribution >= 0.6 is 11.8 Å². The van der Waals surface area contributed by atoms with Gasteiger partial charge in [0.2, 0.25) is 5.91 Å². The predicted molar refractivity (Wildman–Crippen MR) is 78.7 cm³/mol. The molecule has 102 valence electrons. The summed E-state index contributed by atoms with van der Waals surface area (Å²) in [5.74, 6) is -0.0225. The third-order valence-electron chi connectivity index (χ3n) is 2.53. The molecule has 5 heteroatoms. The lowest BCUT2D eigenvalue weighted by Crippen LogP contribution is -2.30. The summed E-state index contributed by atoms with van der Waals surface area (Å²) in [6.45, 7) is 0.0195. The highest BCUT2D eigenvalue weighted by atomic mass is 32.2. The van der Waals surface area contributed by atoms with Crippen LogP contribution in [0, 0.1) is 0 Å². The zero-order chi connectivity index (χ0) is 14.2. The van der Waals surface area contributed by atoms with Crippen LogP contribution in [-0.4, -0.2) is 29.0 Å². The van der Waals surface area contributed by atoms with Gasteiger partial charge >= 0.3 is 0 Å². The summed E-state index contributed by atoms with van der Waals surface area (Å²) in [6, 6.07) is 14.4. The summed E-state index contributed by atoms with van der Waals surface area (Å²) < 4.78 is 0. The standard InChI is InChI=1S/C15H14N2O2S/c18-13(12-6-2-1-3-7-12)10-17-14(19)11-20-15-8-4-5-9-16-15/h1-9H,10-11H2,(H,17,19). The van der Waals surface area contributed by atoms with Crippen LogP contribution in [-0.2, 0) is 4.79 Å². The van der Waals surface area contributed by atoms with Gasteiger partial charge in [0.05, 0.1) is 17.3 Å². The Balaban J connectivity index is 1.74. The molecule has 0 radical (unpaired) electrons. The third kappa shape index (κ3) is 4.51. The first kappa shape index (κ1) is 14.3. The van der Waals surface area contributed by atoms with Crippen molar-refractivity contribution in [2.45, 2.75) is 5.03 Å². The number of Topliss-reactive ketones (excluding diaryl/α,β-unsaturated/α-hetero) is 1. The molecule has 0 aliphatic carbocycles. The Kier molecular flexibility index (Phi) is 5.32. The topological polar surface area (TPSA) is 59.1 Å². The molecule has 1 aromatic carbocycles. The van der Waals surface area contributed by atoms with Crippen molar-refractivity contribution in [3.05, 3.63) is 60.3 Å². The smallest absolute Gasteiger partial charge is 0.230 e. The average Bonchev–Trinajstić information content (AvgIpc) is 2.52. The SMILES string of the molecule is O=C(CSc1ccccn1)NCC(=O)c1ccccc1. The van der Waals surface area contributed by atoms with E-state index >= 15 is 0 Å². The van der Waals surface area contributed by atoms with Crippen LogP contribution in [0.3, 0.4) is 0 Å². The highest BCUT2D eigenvalue weighted by Crippen LogP contribution is 2.12. The number of thioether (sulfide) groups is 1. The molecule has 1 amide bonds. The number of ketones is 1. The Bertz CT molecular complexity index is 573. The molecular formula is C15H14N2O2S. The maximum Gasteiger partial charge on any atom is 0.230 e. The van der Waals surface area contributed by atoms with Gasteiger partial charge in [-0.2, -0.15) is 0 Å². The number of pyridine rings is 1. The minimum atomic E-state index is -0.176. The number of nitrogens with one attached hydrogen (secondary N) is 1. The molecule has 2 rings (SSSR count). The fourth-order valence-corrected chi connectivity index (χ4v) is 2.22. The molecule has 0 unspecified atom stereocenters. The van der Waals surface area contributed by atoms with Crippen molar-refractivity contribution >= 4 is 23.5 Å². The highest BCUT2D eigenvalue weighted by Gasteiger charge is 2.08. The molecule has 0 aliphatic heterocycles. The van der Waals surface area contributed by atoms with E-state index in [1.807, 2.05) is 24.3 Å². The van der Waals surface area contributed by atoms with Crippen LogP contribution < -0.4 is 5.32 Å². The lowest BCUT2D eigenvalue weighted by molar-refractivity contribution is -0.118. The van der Waals surface area contributed by atoms with Crippen molar-refractivity contribution in [2.75, 3.05) is 12.3 Å².